The van der Waals surface area contributed by atoms with Crippen LogP contribution in [0.15, 0.2) is 4.99 Å². The van der Waals surface area contributed by atoms with Crippen LogP contribution in [0.25, 0.3) is 0 Å². The second kappa shape index (κ2) is 8.65. The van der Waals surface area contributed by atoms with Crippen LogP contribution in [0.3, 0.4) is 0 Å². The lowest BCUT2D eigenvalue weighted by Crippen LogP contribution is -2.52. The van der Waals surface area contributed by atoms with Crippen LogP contribution < -0.4 is 10.6 Å². The summed E-state index contributed by atoms with van der Waals surface area (Å²) in [5.41, 5.74) is -0.450. The van der Waals surface area contributed by atoms with Crippen molar-refractivity contribution in [3.63, 3.8) is 0 Å². The average molecular weight is 329 g/mol. The van der Waals surface area contributed by atoms with E-state index in [1.807, 2.05) is 39.6 Å². The van der Waals surface area contributed by atoms with Gasteiger partial charge in [0.1, 0.15) is 0 Å². The van der Waals surface area contributed by atoms with E-state index in [1.54, 1.807) is 0 Å². The number of guanidine groups is 1. The largest absolute Gasteiger partial charge is 0.356 e. The Balaban J connectivity index is 2.60. The van der Waals surface area contributed by atoms with Gasteiger partial charge in [0.25, 0.3) is 0 Å². The quantitative estimate of drug-likeness (QED) is 0.597. The van der Waals surface area contributed by atoms with Crippen molar-refractivity contribution < 1.29 is 4.79 Å². The first-order valence-corrected chi connectivity index (χ1v) is 9.22. The number of thioether (sulfide) groups is 1. The van der Waals surface area contributed by atoms with Gasteiger partial charge in [-0.3, -0.25) is 9.79 Å². The second-order valence-electron chi connectivity index (χ2n) is 6.74. The molecule has 1 atom stereocenters. The van der Waals surface area contributed by atoms with E-state index >= 15 is 0 Å². The SMILES string of the molecule is CCNC(=O)C(C)(C)CNC(=NC)N1CCSC(C(C)C)C1. The van der Waals surface area contributed by atoms with Gasteiger partial charge in [-0.25, -0.2) is 0 Å². The maximum absolute atomic E-state index is 12.1. The van der Waals surface area contributed by atoms with E-state index in [4.69, 9.17) is 0 Å². The van der Waals surface area contributed by atoms with Crippen molar-refractivity contribution in [2.45, 2.75) is 39.9 Å². The van der Waals surface area contributed by atoms with Crippen LogP contribution in [-0.2, 0) is 4.79 Å². The Morgan fingerprint density at radius 2 is 2.09 bits per heavy atom. The van der Waals surface area contributed by atoms with Gasteiger partial charge in [-0.2, -0.15) is 11.8 Å². The minimum absolute atomic E-state index is 0.0761. The van der Waals surface area contributed by atoms with Crippen molar-refractivity contribution in [1.29, 1.82) is 0 Å². The predicted molar refractivity (Wildman–Crippen MR) is 96.5 cm³/mol. The third-order valence-corrected chi connectivity index (χ3v) is 5.53. The molecule has 6 heteroatoms. The van der Waals surface area contributed by atoms with Crippen molar-refractivity contribution in [3.05, 3.63) is 0 Å². The van der Waals surface area contributed by atoms with Gasteiger partial charge in [0.2, 0.25) is 5.91 Å². The summed E-state index contributed by atoms with van der Waals surface area (Å²) in [6, 6.07) is 0. The highest BCUT2D eigenvalue weighted by atomic mass is 32.2. The molecule has 0 aromatic heterocycles. The standard InChI is InChI=1S/C16H32N4OS/c1-7-18-14(21)16(4,5)11-19-15(17-6)20-8-9-22-13(10-20)12(2)3/h12-13H,7-11H2,1-6H3,(H,17,19)(H,18,21). The van der Waals surface area contributed by atoms with E-state index in [0.29, 0.717) is 24.3 Å². The fraction of sp³-hybridized carbons (Fsp3) is 0.875. The Morgan fingerprint density at radius 3 is 2.64 bits per heavy atom. The van der Waals surface area contributed by atoms with Gasteiger partial charge >= 0.3 is 0 Å². The third kappa shape index (κ3) is 5.38. The van der Waals surface area contributed by atoms with Crippen molar-refractivity contribution in [3.8, 4) is 0 Å². The monoisotopic (exact) mass is 328 g/mol. The number of nitrogens with one attached hydrogen (secondary N) is 2. The molecule has 1 rings (SSSR count). The number of aliphatic imine (C=N–C) groups is 1. The van der Waals surface area contributed by atoms with E-state index < -0.39 is 5.41 Å². The molecule has 0 aromatic rings. The molecule has 1 aliphatic rings. The van der Waals surface area contributed by atoms with Gasteiger partial charge in [-0.05, 0) is 26.7 Å². The Bertz CT molecular complexity index is 396. The maximum atomic E-state index is 12.1. The zero-order chi connectivity index (χ0) is 16.8. The number of hydrogen-bond donors (Lipinski definition) is 2. The van der Waals surface area contributed by atoms with Crippen molar-refractivity contribution in [2.75, 3.05) is 39.0 Å². The molecule has 0 aliphatic carbocycles. The number of rotatable bonds is 5. The van der Waals surface area contributed by atoms with E-state index in [1.165, 1.54) is 0 Å². The summed E-state index contributed by atoms with van der Waals surface area (Å²) in [4.78, 5) is 18.8. The molecule has 0 bridgehead atoms. The van der Waals surface area contributed by atoms with Crippen molar-refractivity contribution in [1.82, 2.24) is 15.5 Å². The summed E-state index contributed by atoms with van der Waals surface area (Å²) in [5, 5.41) is 6.92. The van der Waals surface area contributed by atoms with Crippen LogP contribution >= 0.6 is 11.8 Å². The number of carbonyl (C=O) groups is 1. The minimum Gasteiger partial charge on any atom is -0.356 e. The summed E-state index contributed by atoms with van der Waals surface area (Å²) in [6.45, 7) is 13.7. The van der Waals surface area contributed by atoms with Crippen molar-refractivity contribution >= 4 is 23.6 Å². The zero-order valence-corrected chi connectivity index (χ0v) is 15.7. The summed E-state index contributed by atoms with van der Waals surface area (Å²) in [7, 11) is 1.81. The molecular weight excluding hydrogens is 296 g/mol. The molecule has 128 valence electrons. The number of nitrogens with zero attached hydrogens (tertiary/aromatic N) is 2. The zero-order valence-electron chi connectivity index (χ0n) is 14.9. The molecule has 0 saturated carbocycles. The van der Waals surface area contributed by atoms with Gasteiger partial charge in [0.05, 0.1) is 5.41 Å². The van der Waals surface area contributed by atoms with Gasteiger partial charge in [-0.1, -0.05) is 13.8 Å². The molecule has 0 radical (unpaired) electrons. The Hall–Kier alpha value is -0.910. The summed E-state index contributed by atoms with van der Waals surface area (Å²) in [5.74, 6) is 2.77. The van der Waals surface area contributed by atoms with Crippen LogP contribution in [-0.4, -0.2) is 61.0 Å². The van der Waals surface area contributed by atoms with E-state index in [2.05, 4.69) is 34.4 Å². The Morgan fingerprint density at radius 1 is 1.41 bits per heavy atom. The van der Waals surface area contributed by atoms with Crippen LogP contribution in [0.1, 0.15) is 34.6 Å². The second-order valence-corrected chi connectivity index (χ2v) is 8.09. The lowest BCUT2D eigenvalue weighted by molar-refractivity contribution is -0.128. The van der Waals surface area contributed by atoms with E-state index in [-0.39, 0.29) is 5.91 Å². The lowest BCUT2D eigenvalue weighted by atomic mass is 9.92. The number of hydrogen-bond acceptors (Lipinski definition) is 3. The van der Waals surface area contributed by atoms with Crippen LogP contribution in [0.2, 0.25) is 0 Å². The highest BCUT2D eigenvalue weighted by Crippen LogP contribution is 2.25. The molecule has 1 heterocycles. The Kier molecular flexibility index (Phi) is 7.53. The summed E-state index contributed by atoms with van der Waals surface area (Å²) >= 11 is 2.05. The van der Waals surface area contributed by atoms with Crippen LogP contribution in [0.5, 0.6) is 0 Å². The van der Waals surface area contributed by atoms with Crippen LogP contribution in [0.4, 0.5) is 0 Å². The first-order valence-electron chi connectivity index (χ1n) is 8.17. The molecule has 1 aliphatic heterocycles. The normalized spacial score (nSPS) is 20.2. The Labute approximate surface area is 139 Å². The fourth-order valence-corrected chi connectivity index (χ4v) is 3.68. The third-order valence-electron chi connectivity index (χ3n) is 3.99. The van der Waals surface area contributed by atoms with Gasteiger partial charge in [-0.15, -0.1) is 0 Å². The van der Waals surface area contributed by atoms with Gasteiger partial charge in [0.15, 0.2) is 5.96 Å². The molecule has 5 nitrogen and oxygen atoms in total. The summed E-state index contributed by atoms with van der Waals surface area (Å²) in [6.07, 6.45) is 0. The minimum atomic E-state index is -0.450. The lowest BCUT2D eigenvalue weighted by Gasteiger charge is -2.37. The molecular formula is C16H32N4OS. The smallest absolute Gasteiger partial charge is 0.227 e. The van der Waals surface area contributed by atoms with Gasteiger partial charge < -0.3 is 15.5 Å². The number of carbonyl (C=O) groups excluding carboxylic acids is 1. The fourth-order valence-electron chi connectivity index (χ4n) is 2.38. The maximum Gasteiger partial charge on any atom is 0.227 e. The summed E-state index contributed by atoms with van der Waals surface area (Å²) < 4.78 is 0. The van der Waals surface area contributed by atoms with E-state index in [9.17, 15) is 4.79 Å². The predicted octanol–water partition coefficient (Wildman–Crippen LogP) is 1.80. The molecule has 0 spiro atoms. The number of amides is 1. The molecule has 1 amide bonds. The molecule has 0 aromatic carbocycles. The highest BCUT2D eigenvalue weighted by Gasteiger charge is 2.29. The molecule has 1 unspecified atom stereocenters. The first-order chi connectivity index (χ1) is 10.3. The first kappa shape index (κ1) is 19.1. The topological polar surface area (TPSA) is 56.7 Å². The highest BCUT2D eigenvalue weighted by molar-refractivity contribution is 8.00. The molecule has 1 fully saturated rings. The van der Waals surface area contributed by atoms with Gasteiger partial charge in [0, 0.05) is 44.2 Å². The van der Waals surface area contributed by atoms with Crippen LogP contribution in [0, 0.1) is 11.3 Å². The average Bonchev–Trinajstić information content (AvgIpc) is 2.48. The molecule has 2 N–H and O–H groups in total. The molecule has 22 heavy (non-hydrogen) atoms. The van der Waals surface area contributed by atoms with Crippen molar-refractivity contribution in [2.24, 2.45) is 16.3 Å². The molecule has 1 saturated heterocycles. The van der Waals surface area contributed by atoms with E-state index in [0.717, 1.165) is 24.8 Å².